The zero-order chi connectivity index (χ0) is 13.1. The Balaban J connectivity index is 0.00000147. The predicted molar refractivity (Wildman–Crippen MR) is 82.9 cm³/mol. The highest BCUT2D eigenvalue weighted by Gasteiger charge is 2.15. The third-order valence-corrected chi connectivity index (χ3v) is 3.60. The fourth-order valence-electron chi connectivity index (χ4n) is 2.32. The Morgan fingerprint density at radius 2 is 2.00 bits per heavy atom. The molecule has 108 valence electrons. The molecule has 1 aliphatic rings. The second-order valence-corrected chi connectivity index (χ2v) is 5.19. The van der Waals surface area contributed by atoms with E-state index < -0.39 is 0 Å². The molecule has 1 N–H and O–H groups in total. The van der Waals surface area contributed by atoms with Crippen molar-refractivity contribution in [2.24, 2.45) is 5.92 Å². The predicted octanol–water partition coefficient (Wildman–Crippen LogP) is 3.08. The van der Waals surface area contributed by atoms with Crippen LogP contribution in [0.15, 0.2) is 24.3 Å². The molecule has 0 amide bonds. The van der Waals surface area contributed by atoms with E-state index in [0.29, 0.717) is 23.6 Å². The van der Waals surface area contributed by atoms with Gasteiger partial charge in [-0.2, -0.15) is 0 Å². The van der Waals surface area contributed by atoms with Crippen LogP contribution in [0.3, 0.4) is 0 Å². The summed E-state index contributed by atoms with van der Waals surface area (Å²) < 4.78 is 5.74. The van der Waals surface area contributed by atoms with Gasteiger partial charge in [-0.05, 0) is 31.5 Å². The normalized spacial score (nSPS) is 18.6. The van der Waals surface area contributed by atoms with Gasteiger partial charge in [-0.3, -0.25) is 0 Å². The van der Waals surface area contributed by atoms with Crippen molar-refractivity contribution >= 4 is 35.0 Å². The first-order chi connectivity index (χ1) is 9.33. The van der Waals surface area contributed by atoms with Crippen LogP contribution in [0.5, 0.6) is 5.88 Å². The van der Waals surface area contributed by atoms with Crippen LogP contribution in [0.1, 0.15) is 12.8 Å². The summed E-state index contributed by atoms with van der Waals surface area (Å²) >= 11 is 6.11. The lowest BCUT2D eigenvalue weighted by Gasteiger charge is -2.22. The molecule has 1 aromatic carbocycles. The molecule has 0 aliphatic carbocycles. The molecular formula is C14H17Cl2N3O. The van der Waals surface area contributed by atoms with E-state index >= 15 is 0 Å². The Hall–Kier alpha value is -1.10. The summed E-state index contributed by atoms with van der Waals surface area (Å²) in [6, 6.07) is 7.65. The number of nitrogens with one attached hydrogen (secondary N) is 1. The van der Waals surface area contributed by atoms with E-state index in [1.165, 1.54) is 12.8 Å². The highest BCUT2D eigenvalue weighted by Crippen LogP contribution is 2.24. The number of halogens is 2. The fraction of sp³-hybridized carbons (Fsp3) is 0.429. The molecule has 0 saturated carbocycles. The standard InChI is InChI=1S/C14H16ClN3O.ClH/c15-13-14(19-9-10-4-3-7-16-8-10)18-12-6-2-1-5-11(12)17-13;/h1-2,5-6,10,16H,3-4,7-9H2;1H. The van der Waals surface area contributed by atoms with E-state index in [2.05, 4.69) is 15.3 Å². The number of hydrogen-bond acceptors (Lipinski definition) is 4. The van der Waals surface area contributed by atoms with Crippen LogP contribution in [0.25, 0.3) is 11.0 Å². The lowest BCUT2D eigenvalue weighted by Crippen LogP contribution is -2.33. The number of ether oxygens (including phenoxy) is 1. The average molecular weight is 314 g/mol. The van der Waals surface area contributed by atoms with Gasteiger partial charge in [0.25, 0.3) is 5.88 Å². The summed E-state index contributed by atoms with van der Waals surface area (Å²) in [4.78, 5) is 8.72. The average Bonchev–Trinajstić information content (AvgIpc) is 2.46. The van der Waals surface area contributed by atoms with Crippen LogP contribution in [0, 0.1) is 5.92 Å². The third kappa shape index (κ3) is 3.51. The topological polar surface area (TPSA) is 47.0 Å². The molecule has 1 aliphatic heterocycles. The van der Waals surface area contributed by atoms with Crippen LogP contribution in [-0.4, -0.2) is 29.7 Å². The molecule has 2 heterocycles. The highest BCUT2D eigenvalue weighted by atomic mass is 35.5. The van der Waals surface area contributed by atoms with Gasteiger partial charge in [0.05, 0.1) is 17.6 Å². The van der Waals surface area contributed by atoms with Gasteiger partial charge in [-0.15, -0.1) is 12.4 Å². The number of aromatic nitrogens is 2. The van der Waals surface area contributed by atoms with Gasteiger partial charge in [-0.1, -0.05) is 23.7 Å². The third-order valence-electron chi connectivity index (χ3n) is 3.35. The maximum Gasteiger partial charge on any atom is 0.252 e. The summed E-state index contributed by atoms with van der Waals surface area (Å²) in [6.07, 6.45) is 2.39. The van der Waals surface area contributed by atoms with E-state index in [4.69, 9.17) is 16.3 Å². The summed E-state index contributed by atoms with van der Waals surface area (Å²) in [5, 5.41) is 3.70. The lowest BCUT2D eigenvalue weighted by atomic mass is 10.0. The zero-order valence-electron chi connectivity index (χ0n) is 11.0. The fourth-order valence-corrected chi connectivity index (χ4v) is 2.51. The summed E-state index contributed by atoms with van der Waals surface area (Å²) in [5.41, 5.74) is 1.60. The quantitative estimate of drug-likeness (QED) is 0.946. The van der Waals surface area contributed by atoms with Crippen molar-refractivity contribution < 1.29 is 4.74 Å². The largest absolute Gasteiger partial charge is 0.475 e. The van der Waals surface area contributed by atoms with Gasteiger partial charge in [0.2, 0.25) is 0 Å². The maximum absolute atomic E-state index is 6.11. The molecule has 1 atom stereocenters. The monoisotopic (exact) mass is 313 g/mol. The van der Waals surface area contributed by atoms with Crippen molar-refractivity contribution in [3.8, 4) is 5.88 Å². The van der Waals surface area contributed by atoms with Gasteiger partial charge >= 0.3 is 0 Å². The molecule has 0 radical (unpaired) electrons. The molecule has 0 bridgehead atoms. The second-order valence-electron chi connectivity index (χ2n) is 4.83. The van der Waals surface area contributed by atoms with Crippen LogP contribution < -0.4 is 10.1 Å². The highest BCUT2D eigenvalue weighted by molar-refractivity contribution is 6.31. The smallest absolute Gasteiger partial charge is 0.252 e. The summed E-state index contributed by atoms with van der Waals surface area (Å²) in [6.45, 7) is 2.74. The zero-order valence-corrected chi connectivity index (χ0v) is 12.6. The minimum absolute atomic E-state index is 0. The Morgan fingerprint density at radius 3 is 2.70 bits per heavy atom. The number of fused-ring (bicyclic) bond motifs is 1. The van der Waals surface area contributed by atoms with E-state index in [-0.39, 0.29) is 12.4 Å². The molecule has 20 heavy (non-hydrogen) atoms. The minimum atomic E-state index is 0. The second kappa shape index (κ2) is 7.07. The van der Waals surface area contributed by atoms with Gasteiger partial charge < -0.3 is 10.1 Å². The van der Waals surface area contributed by atoms with Crippen molar-refractivity contribution in [1.29, 1.82) is 0 Å². The Bertz CT molecular complexity index is 573. The maximum atomic E-state index is 6.11. The SMILES string of the molecule is Cl.Clc1nc2ccccc2nc1OCC1CCCNC1. The van der Waals surface area contributed by atoms with Crippen LogP contribution in [0.4, 0.5) is 0 Å². The van der Waals surface area contributed by atoms with E-state index in [0.717, 1.165) is 24.1 Å². The Labute approximate surface area is 129 Å². The number of rotatable bonds is 3. The summed E-state index contributed by atoms with van der Waals surface area (Å²) in [7, 11) is 0. The van der Waals surface area contributed by atoms with Crippen molar-refractivity contribution in [3.63, 3.8) is 0 Å². The van der Waals surface area contributed by atoms with Crippen LogP contribution in [0.2, 0.25) is 5.15 Å². The number of benzene rings is 1. The molecule has 1 aromatic heterocycles. The molecule has 4 nitrogen and oxygen atoms in total. The molecule has 6 heteroatoms. The first-order valence-electron chi connectivity index (χ1n) is 6.59. The Kier molecular flexibility index (Phi) is 5.40. The molecule has 2 aromatic rings. The van der Waals surface area contributed by atoms with Crippen molar-refractivity contribution in [2.45, 2.75) is 12.8 Å². The molecule has 0 spiro atoms. The van der Waals surface area contributed by atoms with Crippen molar-refractivity contribution in [3.05, 3.63) is 29.4 Å². The number of piperidine rings is 1. The van der Waals surface area contributed by atoms with Gasteiger partial charge in [-0.25, -0.2) is 9.97 Å². The summed E-state index contributed by atoms with van der Waals surface area (Å²) in [5.74, 6) is 0.962. The molecular weight excluding hydrogens is 297 g/mol. The first-order valence-corrected chi connectivity index (χ1v) is 6.96. The van der Waals surface area contributed by atoms with Crippen LogP contribution in [-0.2, 0) is 0 Å². The van der Waals surface area contributed by atoms with Crippen molar-refractivity contribution in [2.75, 3.05) is 19.7 Å². The molecule has 3 rings (SSSR count). The van der Waals surface area contributed by atoms with E-state index in [1.54, 1.807) is 0 Å². The van der Waals surface area contributed by atoms with Gasteiger partial charge in [0, 0.05) is 12.5 Å². The van der Waals surface area contributed by atoms with E-state index in [1.807, 2.05) is 24.3 Å². The first kappa shape index (κ1) is 15.3. The Morgan fingerprint density at radius 1 is 1.25 bits per heavy atom. The number of nitrogens with zero attached hydrogens (tertiary/aromatic N) is 2. The van der Waals surface area contributed by atoms with Gasteiger partial charge in [0.1, 0.15) is 0 Å². The van der Waals surface area contributed by atoms with Gasteiger partial charge in [0.15, 0.2) is 5.15 Å². The molecule has 1 unspecified atom stereocenters. The molecule has 1 saturated heterocycles. The lowest BCUT2D eigenvalue weighted by molar-refractivity contribution is 0.212. The van der Waals surface area contributed by atoms with Crippen LogP contribution >= 0.6 is 24.0 Å². The number of para-hydroxylation sites is 2. The van der Waals surface area contributed by atoms with Crippen molar-refractivity contribution in [1.82, 2.24) is 15.3 Å². The number of hydrogen-bond donors (Lipinski definition) is 1. The molecule has 1 fully saturated rings. The van der Waals surface area contributed by atoms with E-state index in [9.17, 15) is 0 Å². The minimum Gasteiger partial charge on any atom is -0.475 e.